The minimum atomic E-state index is -0.758. The van der Waals surface area contributed by atoms with Crippen molar-refractivity contribution in [2.75, 3.05) is 6.61 Å². The topological polar surface area (TPSA) is 29.5 Å². The molecule has 3 unspecified atom stereocenters. The molecule has 1 aromatic carbocycles. The van der Waals surface area contributed by atoms with E-state index in [0.29, 0.717) is 18.1 Å². The Morgan fingerprint density at radius 2 is 2.32 bits per heavy atom. The molecule has 1 aromatic rings. The summed E-state index contributed by atoms with van der Waals surface area (Å²) in [6, 6.07) is 6.21. The van der Waals surface area contributed by atoms with Crippen LogP contribution in [0.25, 0.3) is 0 Å². The summed E-state index contributed by atoms with van der Waals surface area (Å²) in [6.07, 6.45) is 3.13. The number of halogens is 1. The Morgan fingerprint density at radius 3 is 2.95 bits per heavy atom. The molecule has 1 aliphatic rings. The second kappa shape index (κ2) is 6.02. The fourth-order valence-corrected chi connectivity index (χ4v) is 3.27. The van der Waals surface area contributed by atoms with Crippen LogP contribution in [-0.4, -0.2) is 17.3 Å². The summed E-state index contributed by atoms with van der Waals surface area (Å²) in [5.41, 5.74) is 0.0581. The Labute approximate surface area is 114 Å². The van der Waals surface area contributed by atoms with Crippen LogP contribution in [0.15, 0.2) is 24.3 Å². The molecule has 0 amide bonds. The molecular weight excluding hydrogens is 243 g/mol. The predicted octanol–water partition coefficient (Wildman–Crippen LogP) is 3.84. The summed E-state index contributed by atoms with van der Waals surface area (Å²) in [4.78, 5) is 0. The molecule has 0 radical (unpaired) electrons. The van der Waals surface area contributed by atoms with E-state index in [1.165, 1.54) is 18.6 Å². The number of hydrogen-bond acceptors (Lipinski definition) is 2. The van der Waals surface area contributed by atoms with E-state index in [4.69, 9.17) is 4.74 Å². The third-order valence-electron chi connectivity index (χ3n) is 4.09. The molecule has 19 heavy (non-hydrogen) atoms. The van der Waals surface area contributed by atoms with Gasteiger partial charge in [-0.05, 0) is 43.4 Å². The molecule has 0 aliphatic heterocycles. The summed E-state index contributed by atoms with van der Waals surface area (Å²) in [7, 11) is 0. The monoisotopic (exact) mass is 266 g/mol. The summed E-state index contributed by atoms with van der Waals surface area (Å²) in [5, 5.41) is 10.7. The van der Waals surface area contributed by atoms with Gasteiger partial charge in [-0.2, -0.15) is 0 Å². The van der Waals surface area contributed by atoms with Crippen molar-refractivity contribution in [2.45, 2.75) is 51.2 Å². The molecule has 0 saturated heterocycles. The Bertz CT molecular complexity index is 417. The van der Waals surface area contributed by atoms with Gasteiger partial charge in [-0.25, -0.2) is 4.39 Å². The first-order valence-electron chi connectivity index (χ1n) is 7.15. The minimum absolute atomic E-state index is 0.313. The Morgan fingerprint density at radius 1 is 1.53 bits per heavy atom. The quantitative estimate of drug-likeness (QED) is 0.897. The molecule has 0 bridgehead atoms. The van der Waals surface area contributed by atoms with Gasteiger partial charge in [0, 0.05) is 6.61 Å². The Kier molecular flexibility index (Phi) is 4.58. The third kappa shape index (κ3) is 3.15. The van der Waals surface area contributed by atoms with Crippen molar-refractivity contribution in [1.82, 2.24) is 0 Å². The molecular formula is C16H23FO2. The van der Waals surface area contributed by atoms with E-state index in [2.05, 4.69) is 6.92 Å². The maximum absolute atomic E-state index is 13.3. The van der Waals surface area contributed by atoms with E-state index in [1.807, 2.05) is 6.92 Å². The highest BCUT2D eigenvalue weighted by atomic mass is 19.1. The normalized spacial score (nSPS) is 29.2. The Balaban J connectivity index is 2.27. The minimum Gasteiger partial charge on any atom is -0.385 e. The summed E-state index contributed by atoms with van der Waals surface area (Å²) < 4.78 is 19.3. The van der Waals surface area contributed by atoms with Crippen LogP contribution in [0, 0.1) is 11.7 Å². The maximum Gasteiger partial charge on any atom is 0.123 e. The first-order chi connectivity index (χ1) is 9.07. The first-order valence-corrected chi connectivity index (χ1v) is 7.15. The predicted molar refractivity (Wildman–Crippen MR) is 73.3 cm³/mol. The van der Waals surface area contributed by atoms with E-state index >= 15 is 0 Å². The molecule has 1 N–H and O–H groups in total. The highest BCUT2D eigenvalue weighted by molar-refractivity contribution is 5.22. The molecule has 3 atom stereocenters. The van der Waals surface area contributed by atoms with Gasteiger partial charge in [0.1, 0.15) is 11.9 Å². The van der Waals surface area contributed by atoms with E-state index in [-0.39, 0.29) is 5.82 Å². The van der Waals surface area contributed by atoms with Gasteiger partial charge in [0.2, 0.25) is 0 Å². The van der Waals surface area contributed by atoms with Crippen molar-refractivity contribution >= 4 is 0 Å². The molecule has 2 rings (SSSR count). The summed E-state index contributed by atoms with van der Waals surface area (Å²) >= 11 is 0. The van der Waals surface area contributed by atoms with Gasteiger partial charge < -0.3 is 9.84 Å². The van der Waals surface area contributed by atoms with E-state index < -0.39 is 11.7 Å². The van der Waals surface area contributed by atoms with Crippen LogP contribution >= 0.6 is 0 Å². The van der Waals surface area contributed by atoms with Crippen LogP contribution in [0.5, 0.6) is 0 Å². The molecule has 3 heteroatoms. The lowest BCUT2D eigenvalue weighted by Gasteiger charge is -2.43. The SMILES string of the molecule is CCOC1(C(O)c2cccc(F)c2)CCCC(C)C1. The summed E-state index contributed by atoms with van der Waals surface area (Å²) in [5.74, 6) is 0.218. The van der Waals surface area contributed by atoms with E-state index in [0.717, 1.165) is 19.3 Å². The standard InChI is InChI=1S/C16H23FO2/c1-3-19-16(9-5-6-12(2)11-16)15(18)13-7-4-8-14(17)10-13/h4,7-8,10,12,15,18H,3,5-6,9,11H2,1-2H3. The van der Waals surface area contributed by atoms with Crippen molar-refractivity contribution in [1.29, 1.82) is 0 Å². The van der Waals surface area contributed by atoms with E-state index in [9.17, 15) is 9.50 Å². The van der Waals surface area contributed by atoms with Gasteiger partial charge in [0.15, 0.2) is 0 Å². The molecule has 1 saturated carbocycles. The van der Waals surface area contributed by atoms with Crippen LogP contribution in [0.1, 0.15) is 51.2 Å². The zero-order valence-electron chi connectivity index (χ0n) is 11.7. The number of hydrogen-bond donors (Lipinski definition) is 1. The van der Waals surface area contributed by atoms with Crippen molar-refractivity contribution in [3.63, 3.8) is 0 Å². The number of ether oxygens (including phenoxy) is 1. The molecule has 1 aliphatic carbocycles. The fourth-order valence-electron chi connectivity index (χ4n) is 3.27. The van der Waals surface area contributed by atoms with Crippen LogP contribution in [0.4, 0.5) is 4.39 Å². The molecule has 2 nitrogen and oxygen atoms in total. The maximum atomic E-state index is 13.3. The van der Waals surface area contributed by atoms with E-state index in [1.54, 1.807) is 12.1 Å². The molecule has 0 heterocycles. The fraction of sp³-hybridized carbons (Fsp3) is 0.625. The van der Waals surface area contributed by atoms with Crippen molar-refractivity contribution in [3.8, 4) is 0 Å². The average Bonchev–Trinajstić information content (AvgIpc) is 2.38. The average molecular weight is 266 g/mol. The molecule has 0 spiro atoms. The third-order valence-corrected chi connectivity index (χ3v) is 4.09. The van der Waals surface area contributed by atoms with Gasteiger partial charge in [0.05, 0.1) is 5.60 Å². The lowest BCUT2D eigenvalue weighted by atomic mass is 9.74. The second-order valence-corrected chi connectivity index (χ2v) is 5.66. The lowest BCUT2D eigenvalue weighted by Crippen LogP contribution is -2.43. The smallest absolute Gasteiger partial charge is 0.123 e. The lowest BCUT2D eigenvalue weighted by molar-refractivity contribution is -0.150. The molecule has 106 valence electrons. The highest BCUT2D eigenvalue weighted by Crippen LogP contribution is 2.43. The highest BCUT2D eigenvalue weighted by Gasteiger charge is 2.42. The Hall–Kier alpha value is -0.930. The molecule has 1 fully saturated rings. The number of benzene rings is 1. The second-order valence-electron chi connectivity index (χ2n) is 5.66. The number of aliphatic hydroxyl groups is 1. The van der Waals surface area contributed by atoms with Crippen molar-refractivity contribution in [3.05, 3.63) is 35.6 Å². The molecule has 0 aromatic heterocycles. The zero-order chi connectivity index (χ0) is 13.9. The van der Waals surface area contributed by atoms with Gasteiger partial charge in [-0.1, -0.05) is 31.9 Å². The first kappa shape index (κ1) is 14.5. The van der Waals surface area contributed by atoms with Gasteiger partial charge >= 0.3 is 0 Å². The largest absolute Gasteiger partial charge is 0.385 e. The van der Waals surface area contributed by atoms with Gasteiger partial charge in [-0.15, -0.1) is 0 Å². The number of aliphatic hydroxyl groups excluding tert-OH is 1. The zero-order valence-corrected chi connectivity index (χ0v) is 11.7. The van der Waals surface area contributed by atoms with Gasteiger partial charge in [0.25, 0.3) is 0 Å². The van der Waals surface area contributed by atoms with Crippen LogP contribution < -0.4 is 0 Å². The summed E-state index contributed by atoms with van der Waals surface area (Å²) in [6.45, 7) is 4.70. The van der Waals surface area contributed by atoms with Crippen LogP contribution in [0.2, 0.25) is 0 Å². The van der Waals surface area contributed by atoms with Crippen LogP contribution in [0.3, 0.4) is 0 Å². The van der Waals surface area contributed by atoms with Crippen LogP contribution in [-0.2, 0) is 4.74 Å². The number of rotatable bonds is 4. The van der Waals surface area contributed by atoms with Gasteiger partial charge in [-0.3, -0.25) is 0 Å². The van der Waals surface area contributed by atoms with Crippen molar-refractivity contribution in [2.24, 2.45) is 5.92 Å². The van der Waals surface area contributed by atoms with Crippen molar-refractivity contribution < 1.29 is 14.2 Å².